The lowest BCUT2D eigenvalue weighted by Gasteiger charge is -1.95. The molecule has 0 radical (unpaired) electrons. The number of thiazole rings is 1. The number of esters is 1. The van der Waals surface area contributed by atoms with Gasteiger partial charge in [0.2, 0.25) is 0 Å². The Hall–Kier alpha value is -1.10. The Balaban J connectivity index is 2.52. The number of aryl methyl sites for hydroxylation is 1. The van der Waals surface area contributed by atoms with E-state index in [-0.39, 0.29) is 5.69 Å². The second-order valence-electron chi connectivity index (χ2n) is 3.62. The van der Waals surface area contributed by atoms with E-state index in [1.54, 1.807) is 0 Å². The Kier molecular flexibility index (Phi) is 5.25. The van der Waals surface area contributed by atoms with Gasteiger partial charge in [0.15, 0.2) is 5.69 Å². The van der Waals surface area contributed by atoms with Crippen molar-refractivity contribution < 1.29 is 9.53 Å². The van der Waals surface area contributed by atoms with Crippen molar-refractivity contribution in [2.24, 2.45) is 0 Å². The number of carbonyl (C=O) groups excluding carboxylic acids is 1. The molecule has 4 nitrogen and oxygen atoms in total. The molecule has 0 saturated heterocycles. The minimum Gasteiger partial charge on any atom is -0.464 e. The smallest absolute Gasteiger partial charge is 0.359 e. The van der Waals surface area contributed by atoms with E-state index in [2.05, 4.69) is 16.6 Å². The fourth-order valence-corrected chi connectivity index (χ4v) is 2.29. The number of rotatable bonds is 6. The standard InChI is InChI=1S/C11H18N2O2S/c1-3-4-5-6-7-8-13-9(10(12)16-8)11(14)15-2/h3-7,12H2,1-2H3. The maximum atomic E-state index is 11.3. The van der Waals surface area contributed by atoms with E-state index in [1.807, 2.05) is 0 Å². The Labute approximate surface area is 99.8 Å². The lowest BCUT2D eigenvalue weighted by atomic mass is 10.2. The Bertz CT molecular complexity index is 350. The molecule has 5 heteroatoms. The maximum absolute atomic E-state index is 11.3. The van der Waals surface area contributed by atoms with Gasteiger partial charge < -0.3 is 10.5 Å². The molecule has 16 heavy (non-hydrogen) atoms. The van der Waals surface area contributed by atoms with Gasteiger partial charge in [0.05, 0.1) is 12.1 Å². The van der Waals surface area contributed by atoms with Gasteiger partial charge in [0, 0.05) is 0 Å². The van der Waals surface area contributed by atoms with Crippen LogP contribution in [0.1, 0.15) is 48.1 Å². The van der Waals surface area contributed by atoms with Crippen molar-refractivity contribution in [2.45, 2.75) is 39.0 Å². The highest BCUT2D eigenvalue weighted by Crippen LogP contribution is 2.23. The number of ether oxygens (including phenoxy) is 1. The van der Waals surface area contributed by atoms with Gasteiger partial charge in [0.25, 0.3) is 0 Å². The number of nitrogens with zero attached hydrogens (tertiary/aromatic N) is 1. The van der Waals surface area contributed by atoms with Gasteiger partial charge in [-0.25, -0.2) is 9.78 Å². The zero-order valence-electron chi connectivity index (χ0n) is 9.78. The second kappa shape index (κ2) is 6.48. The summed E-state index contributed by atoms with van der Waals surface area (Å²) in [6.07, 6.45) is 5.65. The third-order valence-electron chi connectivity index (χ3n) is 2.32. The summed E-state index contributed by atoms with van der Waals surface area (Å²) in [5, 5.41) is 1.38. The van der Waals surface area contributed by atoms with Crippen LogP contribution in [0, 0.1) is 0 Å². The second-order valence-corrected chi connectivity index (χ2v) is 4.74. The van der Waals surface area contributed by atoms with E-state index >= 15 is 0 Å². The first kappa shape index (κ1) is 13.0. The highest BCUT2D eigenvalue weighted by Gasteiger charge is 2.16. The molecule has 0 fully saturated rings. The number of nitrogen functional groups attached to an aromatic ring is 1. The number of nitrogens with two attached hydrogens (primary N) is 1. The monoisotopic (exact) mass is 242 g/mol. The molecule has 1 aromatic heterocycles. The molecule has 0 bridgehead atoms. The van der Waals surface area contributed by atoms with Gasteiger partial charge in [-0.1, -0.05) is 26.2 Å². The fourth-order valence-electron chi connectivity index (χ4n) is 1.43. The molecule has 2 N–H and O–H groups in total. The summed E-state index contributed by atoms with van der Waals surface area (Å²) >= 11 is 1.38. The summed E-state index contributed by atoms with van der Waals surface area (Å²) < 4.78 is 4.60. The average Bonchev–Trinajstić information content (AvgIpc) is 2.65. The number of unbranched alkanes of at least 4 members (excludes halogenated alkanes) is 3. The van der Waals surface area contributed by atoms with Crippen LogP contribution in [0.15, 0.2) is 0 Å². The zero-order valence-corrected chi connectivity index (χ0v) is 10.6. The number of hydrogen-bond acceptors (Lipinski definition) is 5. The van der Waals surface area contributed by atoms with Crippen molar-refractivity contribution in [2.75, 3.05) is 12.8 Å². The number of methoxy groups -OCH3 is 1. The third-order valence-corrected chi connectivity index (χ3v) is 3.26. The van der Waals surface area contributed by atoms with Gasteiger partial charge in [0.1, 0.15) is 5.00 Å². The SMILES string of the molecule is CCCCCCc1nc(C(=O)OC)c(N)s1. The molecular formula is C11H18N2O2S. The first-order valence-electron chi connectivity index (χ1n) is 5.52. The van der Waals surface area contributed by atoms with Gasteiger partial charge >= 0.3 is 5.97 Å². The lowest BCUT2D eigenvalue weighted by Crippen LogP contribution is -2.04. The maximum Gasteiger partial charge on any atom is 0.359 e. The average molecular weight is 242 g/mol. The Morgan fingerprint density at radius 1 is 1.44 bits per heavy atom. The van der Waals surface area contributed by atoms with Gasteiger partial charge in [-0.05, 0) is 12.8 Å². The van der Waals surface area contributed by atoms with Crippen LogP contribution >= 0.6 is 11.3 Å². The Morgan fingerprint density at radius 2 is 2.19 bits per heavy atom. The van der Waals surface area contributed by atoms with Crippen LogP contribution in [0.25, 0.3) is 0 Å². The van der Waals surface area contributed by atoms with Gasteiger partial charge in [-0.15, -0.1) is 11.3 Å². The molecule has 0 unspecified atom stereocenters. The molecule has 0 saturated carbocycles. The molecule has 0 aliphatic heterocycles. The molecule has 0 aromatic carbocycles. The molecule has 90 valence electrons. The van der Waals surface area contributed by atoms with Crippen LogP contribution in [-0.2, 0) is 11.2 Å². The molecule has 1 heterocycles. The van der Waals surface area contributed by atoms with Gasteiger partial charge in [-0.3, -0.25) is 0 Å². The number of aromatic nitrogens is 1. The fraction of sp³-hybridized carbons (Fsp3) is 0.636. The van der Waals surface area contributed by atoms with E-state index in [0.717, 1.165) is 17.8 Å². The van der Waals surface area contributed by atoms with Crippen LogP contribution in [0.3, 0.4) is 0 Å². The summed E-state index contributed by atoms with van der Waals surface area (Å²) in [6.45, 7) is 2.18. The van der Waals surface area contributed by atoms with Crippen molar-refractivity contribution >= 4 is 22.3 Å². The van der Waals surface area contributed by atoms with Crippen molar-refractivity contribution in [1.29, 1.82) is 0 Å². The molecule has 0 aliphatic rings. The zero-order chi connectivity index (χ0) is 12.0. The van der Waals surface area contributed by atoms with E-state index < -0.39 is 5.97 Å². The highest BCUT2D eigenvalue weighted by atomic mass is 32.1. The molecule has 0 atom stereocenters. The topological polar surface area (TPSA) is 65.2 Å². The van der Waals surface area contributed by atoms with Crippen LogP contribution in [-0.4, -0.2) is 18.1 Å². The van der Waals surface area contributed by atoms with Crippen LogP contribution in [0.2, 0.25) is 0 Å². The van der Waals surface area contributed by atoms with E-state index in [4.69, 9.17) is 5.73 Å². The first-order chi connectivity index (χ1) is 7.69. The molecule has 0 amide bonds. The normalized spacial score (nSPS) is 10.4. The summed E-state index contributed by atoms with van der Waals surface area (Å²) in [5.41, 5.74) is 5.97. The minimum absolute atomic E-state index is 0.262. The van der Waals surface area contributed by atoms with E-state index in [1.165, 1.54) is 37.7 Å². The quantitative estimate of drug-likeness (QED) is 0.615. The predicted octanol–water partition coefficient (Wildman–Crippen LogP) is 2.63. The van der Waals surface area contributed by atoms with E-state index in [9.17, 15) is 4.79 Å². The minimum atomic E-state index is -0.450. The highest BCUT2D eigenvalue weighted by molar-refractivity contribution is 7.15. The predicted molar refractivity (Wildman–Crippen MR) is 65.7 cm³/mol. The molecule has 1 aromatic rings. The summed E-state index contributed by atoms with van der Waals surface area (Å²) in [4.78, 5) is 15.5. The number of hydrogen-bond donors (Lipinski definition) is 1. The third kappa shape index (κ3) is 3.48. The summed E-state index contributed by atoms with van der Waals surface area (Å²) in [6, 6.07) is 0. The number of anilines is 1. The van der Waals surface area contributed by atoms with Crippen molar-refractivity contribution in [3.63, 3.8) is 0 Å². The first-order valence-corrected chi connectivity index (χ1v) is 6.34. The molecule has 1 rings (SSSR count). The lowest BCUT2D eigenvalue weighted by molar-refractivity contribution is 0.0596. The van der Waals surface area contributed by atoms with E-state index in [0.29, 0.717) is 5.00 Å². The van der Waals surface area contributed by atoms with Crippen LogP contribution in [0.5, 0.6) is 0 Å². The molecule has 0 spiro atoms. The van der Waals surface area contributed by atoms with Gasteiger partial charge in [-0.2, -0.15) is 0 Å². The van der Waals surface area contributed by atoms with Crippen LogP contribution in [0.4, 0.5) is 5.00 Å². The van der Waals surface area contributed by atoms with Crippen molar-refractivity contribution in [3.05, 3.63) is 10.7 Å². The summed E-state index contributed by atoms with van der Waals surface area (Å²) in [7, 11) is 1.34. The van der Waals surface area contributed by atoms with Crippen LogP contribution < -0.4 is 5.73 Å². The van der Waals surface area contributed by atoms with Crippen molar-refractivity contribution in [3.8, 4) is 0 Å². The molecule has 0 aliphatic carbocycles. The largest absolute Gasteiger partial charge is 0.464 e. The van der Waals surface area contributed by atoms with Crippen molar-refractivity contribution in [1.82, 2.24) is 4.98 Å². The molecular weight excluding hydrogens is 224 g/mol. The Morgan fingerprint density at radius 3 is 2.81 bits per heavy atom. The summed E-state index contributed by atoms with van der Waals surface area (Å²) in [5.74, 6) is -0.450. The number of carbonyl (C=O) groups is 1.